The molecule has 2 aliphatic carbocycles. The van der Waals surface area contributed by atoms with Crippen molar-refractivity contribution in [3.8, 4) is 16.9 Å². The van der Waals surface area contributed by atoms with Crippen LogP contribution in [0.1, 0.15) is 99.5 Å². The van der Waals surface area contributed by atoms with Crippen molar-refractivity contribution < 1.29 is 40.9 Å². The van der Waals surface area contributed by atoms with Crippen LogP contribution in [0.2, 0.25) is 0 Å². The van der Waals surface area contributed by atoms with Gasteiger partial charge in [0.05, 0.1) is 19.3 Å². The highest BCUT2D eigenvalue weighted by Gasteiger charge is 2.35. The van der Waals surface area contributed by atoms with Crippen LogP contribution >= 0.6 is 0 Å². The summed E-state index contributed by atoms with van der Waals surface area (Å²) >= 11 is 0. The van der Waals surface area contributed by atoms with E-state index in [1.165, 1.54) is 18.2 Å². The van der Waals surface area contributed by atoms with E-state index in [2.05, 4.69) is 0 Å². The van der Waals surface area contributed by atoms with E-state index >= 15 is 0 Å². The van der Waals surface area contributed by atoms with E-state index in [-0.39, 0.29) is 42.3 Å². The summed E-state index contributed by atoms with van der Waals surface area (Å²) in [6.07, 6.45) is 5.99. The van der Waals surface area contributed by atoms with E-state index < -0.39 is 52.1 Å². The maximum absolute atomic E-state index is 15.0. The van der Waals surface area contributed by atoms with Crippen molar-refractivity contribution in [3.05, 3.63) is 88.0 Å². The number of aliphatic hydroxyl groups is 1. The van der Waals surface area contributed by atoms with E-state index in [1.54, 1.807) is 19.1 Å². The predicted octanol–water partition coefficient (Wildman–Crippen LogP) is 9.86. The van der Waals surface area contributed by atoms with Crippen LogP contribution in [0.5, 0.6) is 5.75 Å². The van der Waals surface area contributed by atoms with Crippen molar-refractivity contribution in [2.45, 2.75) is 82.8 Å². The number of rotatable bonds is 9. The van der Waals surface area contributed by atoms with Gasteiger partial charge in [0, 0.05) is 22.3 Å². The molecule has 3 aromatic carbocycles. The quantitative estimate of drug-likeness (QED) is 0.189. The standard InChI is InChI=1S/C36H38F6O3/c1-2-28(43)26-13-12-24(32(38)34(26)40)25-15-16-29(36(42)33(25)39)44-17-19-3-5-20(6-4-19)21-7-9-22(10-8-21)23-11-14-27(30-18-45-30)35(41)31(23)37/h11-16,19-22,28,30,43H,2-10,17-18H2,1H3. The van der Waals surface area contributed by atoms with Gasteiger partial charge in [-0.05, 0) is 99.2 Å². The Balaban J connectivity index is 1.00. The number of ether oxygens (including phenoxy) is 2. The zero-order chi connectivity index (χ0) is 31.8. The molecule has 45 heavy (non-hydrogen) atoms. The van der Waals surface area contributed by atoms with Gasteiger partial charge in [-0.3, -0.25) is 0 Å². The number of epoxide rings is 1. The topological polar surface area (TPSA) is 42.0 Å². The third-order valence-electron chi connectivity index (χ3n) is 10.3. The largest absolute Gasteiger partial charge is 0.490 e. The lowest BCUT2D eigenvalue weighted by Crippen LogP contribution is -2.27. The van der Waals surface area contributed by atoms with Crippen LogP contribution in [0.4, 0.5) is 26.3 Å². The van der Waals surface area contributed by atoms with Crippen LogP contribution in [0, 0.1) is 52.7 Å². The Labute approximate surface area is 259 Å². The summed E-state index contributed by atoms with van der Waals surface area (Å²) in [5.41, 5.74) is -0.331. The van der Waals surface area contributed by atoms with Crippen LogP contribution in [0.3, 0.4) is 0 Å². The Hall–Kier alpha value is -3.04. The molecule has 1 aliphatic heterocycles. The van der Waals surface area contributed by atoms with Gasteiger partial charge in [0.25, 0.3) is 0 Å². The first kappa shape index (κ1) is 31.9. The molecule has 1 heterocycles. The van der Waals surface area contributed by atoms with E-state index in [0.717, 1.165) is 57.4 Å². The van der Waals surface area contributed by atoms with Crippen molar-refractivity contribution in [1.29, 1.82) is 0 Å². The fraction of sp³-hybridized carbons (Fsp3) is 0.500. The molecule has 2 atom stereocenters. The van der Waals surface area contributed by atoms with Crippen LogP contribution in [-0.2, 0) is 4.74 Å². The van der Waals surface area contributed by atoms with Gasteiger partial charge in [0.1, 0.15) is 6.10 Å². The van der Waals surface area contributed by atoms with Gasteiger partial charge in [-0.15, -0.1) is 0 Å². The molecule has 3 aromatic rings. The van der Waals surface area contributed by atoms with Gasteiger partial charge >= 0.3 is 0 Å². The lowest BCUT2D eigenvalue weighted by Gasteiger charge is -2.38. The van der Waals surface area contributed by atoms with E-state index in [1.807, 2.05) is 0 Å². The van der Waals surface area contributed by atoms with E-state index in [9.17, 15) is 31.4 Å². The minimum Gasteiger partial charge on any atom is -0.490 e. The van der Waals surface area contributed by atoms with Gasteiger partial charge < -0.3 is 14.6 Å². The van der Waals surface area contributed by atoms with Gasteiger partial charge in [0.15, 0.2) is 34.8 Å². The third-order valence-corrected chi connectivity index (χ3v) is 10.3. The zero-order valence-corrected chi connectivity index (χ0v) is 25.2. The number of hydrogen-bond donors (Lipinski definition) is 1. The summed E-state index contributed by atoms with van der Waals surface area (Å²) in [5.74, 6) is -5.77. The molecule has 1 N–H and O–H groups in total. The van der Waals surface area contributed by atoms with Gasteiger partial charge in [0.2, 0.25) is 5.82 Å². The monoisotopic (exact) mass is 632 g/mol. The van der Waals surface area contributed by atoms with Gasteiger partial charge in [-0.1, -0.05) is 31.2 Å². The smallest absolute Gasteiger partial charge is 0.201 e. The maximum atomic E-state index is 15.0. The molecule has 242 valence electrons. The lowest BCUT2D eigenvalue weighted by molar-refractivity contribution is 0.129. The highest BCUT2D eigenvalue weighted by molar-refractivity contribution is 5.66. The molecule has 0 bridgehead atoms. The second kappa shape index (κ2) is 13.4. The zero-order valence-electron chi connectivity index (χ0n) is 25.2. The highest BCUT2D eigenvalue weighted by Crippen LogP contribution is 2.45. The molecule has 9 heteroatoms. The molecular formula is C36H38F6O3. The van der Waals surface area contributed by atoms with Gasteiger partial charge in [-0.2, -0.15) is 4.39 Å². The molecular weight excluding hydrogens is 594 g/mol. The fourth-order valence-corrected chi connectivity index (χ4v) is 7.41. The molecule has 1 saturated heterocycles. The number of benzene rings is 3. The lowest BCUT2D eigenvalue weighted by atomic mass is 9.68. The molecule has 0 radical (unpaired) electrons. The summed E-state index contributed by atoms with van der Waals surface area (Å²) in [6, 6.07) is 8.10. The molecule has 2 saturated carbocycles. The second-order valence-electron chi connectivity index (χ2n) is 12.9. The van der Waals surface area contributed by atoms with Crippen LogP contribution in [-0.4, -0.2) is 18.3 Å². The maximum Gasteiger partial charge on any atom is 0.201 e. The number of hydrogen-bond acceptors (Lipinski definition) is 3. The Morgan fingerprint density at radius 3 is 1.87 bits per heavy atom. The molecule has 2 unspecified atom stereocenters. The average Bonchev–Trinajstić information content (AvgIpc) is 3.90. The first-order chi connectivity index (χ1) is 21.7. The normalized spacial score (nSPS) is 25.6. The Morgan fingerprint density at radius 2 is 1.24 bits per heavy atom. The number of aliphatic hydroxyl groups excluding tert-OH is 1. The molecule has 3 aliphatic rings. The molecule has 6 rings (SSSR count). The van der Waals surface area contributed by atoms with Crippen molar-refractivity contribution in [2.24, 2.45) is 17.8 Å². The molecule has 0 amide bonds. The third kappa shape index (κ3) is 6.48. The predicted molar refractivity (Wildman–Crippen MR) is 158 cm³/mol. The molecule has 3 fully saturated rings. The Morgan fingerprint density at radius 1 is 0.689 bits per heavy atom. The van der Waals surface area contributed by atoms with Crippen molar-refractivity contribution in [3.63, 3.8) is 0 Å². The summed E-state index contributed by atoms with van der Waals surface area (Å²) in [6.45, 7) is 2.27. The summed E-state index contributed by atoms with van der Waals surface area (Å²) in [4.78, 5) is 0. The van der Waals surface area contributed by atoms with E-state index in [0.29, 0.717) is 29.6 Å². The minimum absolute atomic E-state index is 0.0141. The van der Waals surface area contributed by atoms with Crippen LogP contribution < -0.4 is 4.74 Å². The first-order valence-electron chi connectivity index (χ1n) is 16.0. The molecule has 0 aromatic heterocycles. The minimum atomic E-state index is -1.35. The second-order valence-corrected chi connectivity index (χ2v) is 12.9. The van der Waals surface area contributed by atoms with Crippen LogP contribution in [0.25, 0.3) is 11.1 Å². The fourth-order valence-electron chi connectivity index (χ4n) is 7.41. The SMILES string of the molecule is CCC(O)c1ccc(-c2ccc(OCC3CCC(C4CCC(c5ccc(C6CO6)c(F)c5F)CC4)CC3)c(F)c2F)c(F)c1F. The highest BCUT2D eigenvalue weighted by atomic mass is 19.2. The van der Waals surface area contributed by atoms with Crippen molar-refractivity contribution in [2.75, 3.05) is 13.2 Å². The summed E-state index contributed by atoms with van der Waals surface area (Å²) < 4.78 is 99.4. The first-order valence-corrected chi connectivity index (χ1v) is 16.0. The van der Waals surface area contributed by atoms with Crippen LogP contribution in [0.15, 0.2) is 36.4 Å². The summed E-state index contributed by atoms with van der Waals surface area (Å²) in [5, 5.41) is 9.88. The Kier molecular flexibility index (Phi) is 9.48. The molecule has 0 spiro atoms. The average molecular weight is 633 g/mol. The number of halogens is 6. The van der Waals surface area contributed by atoms with Crippen molar-refractivity contribution in [1.82, 2.24) is 0 Å². The Bertz CT molecular complexity index is 1520. The van der Waals surface area contributed by atoms with E-state index in [4.69, 9.17) is 9.47 Å². The van der Waals surface area contributed by atoms with Crippen molar-refractivity contribution >= 4 is 0 Å². The molecule has 3 nitrogen and oxygen atoms in total. The van der Waals surface area contributed by atoms with Gasteiger partial charge in [-0.25, -0.2) is 22.0 Å². The summed E-state index contributed by atoms with van der Waals surface area (Å²) in [7, 11) is 0.